The van der Waals surface area contributed by atoms with Crippen LogP contribution < -0.4 is 0 Å². The minimum absolute atomic E-state index is 0.354. The second-order valence-electron chi connectivity index (χ2n) is 0.619. The first-order chi connectivity index (χ1) is 2.64. The molecule has 0 unspecified atom stereocenters. The van der Waals surface area contributed by atoms with Crippen molar-refractivity contribution in [1.82, 2.24) is 0 Å². The van der Waals surface area contributed by atoms with Crippen molar-refractivity contribution in [1.29, 1.82) is 5.41 Å². The Labute approximate surface area is 48.0 Å². The smallest absolute Gasteiger partial charge is 0.360 e. The molecule has 0 aromatic carbocycles. The van der Waals surface area contributed by atoms with Gasteiger partial charge in [0, 0.05) is 0 Å². The van der Waals surface area contributed by atoms with Gasteiger partial charge in [0.1, 0.15) is 0 Å². The average Bonchev–Trinajstić information content (AvgIpc) is 1.36. The molecular formula is C2H2INO2. The van der Waals surface area contributed by atoms with Gasteiger partial charge in [-0.15, -0.1) is 0 Å². The van der Waals surface area contributed by atoms with Crippen LogP contribution in [0.2, 0.25) is 0 Å². The Balaban J connectivity index is 3.57. The normalized spacial score (nSPS) is 7.50. The molecule has 0 atom stereocenters. The van der Waals surface area contributed by atoms with Crippen molar-refractivity contribution in [3.8, 4) is 0 Å². The van der Waals surface area contributed by atoms with Crippen LogP contribution in [0.15, 0.2) is 0 Å². The minimum atomic E-state index is -1.17. The van der Waals surface area contributed by atoms with E-state index in [2.05, 4.69) is 0 Å². The summed E-state index contributed by atoms with van der Waals surface area (Å²) >= 11 is 1.42. The van der Waals surface area contributed by atoms with Gasteiger partial charge in [-0.2, -0.15) is 0 Å². The van der Waals surface area contributed by atoms with Crippen LogP contribution in [-0.2, 0) is 4.79 Å². The molecule has 0 aliphatic carbocycles. The summed E-state index contributed by atoms with van der Waals surface area (Å²) in [6, 6.07) is 0. The monoisotopic (exact) mass is 199 g/mol. The molecule has 0 saturated carbocycles. The van der Waals surface area contributed by atoms with Gasteiger partial charge in [0.05, 0.1) is 0 Å². The molecule has 4 heteroatoms. The molecule has 34 valence electrons. The van der Waals surface area contributed by atoms with Crippen molar-refractivity contribution < 1.29 is 9.90 Å². The van der Waals surface area contributed by atoms with Crippen LogP contribution in [-0.4, -0.2) is 14.8 Å². The maximum absolute atomic E-state index is 9.47. The maximum Gasteiger partial charge on any atom is 0.360 e. The summed E-state index contributed by atoms with van der Waals surface area (Å²) in [6.45, 7) is 0. The van der Waals surface area contributed by atoms with E-state index in [-0.39, 0.29) is 3.72 Å². The number of hydrogen-bond donors (Lipinski definition) is 2. The predicted molar refractivity (Wildman–Crippen MR) is 29.4 cm³/mol. The Morgan fingerprint density at radius 1 is 1.83 bits per heavy atom. The van der Waals surface area contributed by atoms with Gasteiger partial charge in [-0.25, -0.2) is 4.79 Å². The number of rotatable bonds is 1. The van der Waals surface area contributed by atoms with Gasteiger partial charge in [0.2, 0.25) is 0 Å². The van der Waals surface area contributed by atoms with Gasteiger partial charge < -0.3 is 5.11 Å². The van der Waals surface area contributed by atoms with Gasteiger partial charge in [-0.05, 0) is 22.6 Å². The molecule has 0 spiro atoms. The molecule has 6 heavy (non-hydrogen) atoms. The third-order valence-corrected chi connectivity index (χ3v) is 0.649. The number of aliphatic carboxylic acids is 1. The molecule has 0 amide bonds. The Morgan fingerprint density at radius 3 is 2.00 bits per heavy atom. The molecular weight excluding hydrogens is 197 g/mol. The van der Waals surface area contributed by atoms with Gasteiger partial charge in [0.15, 0.2) is 3.72 Å². The van der Waals surface area contributed by atoms with Crippen molar-refractivity contribution in [2.45, 2.75) is 0 Å². The molecule has 0 fully saturated rings. The van der Waals surface area contributed by atoms with E-state index in [1.54, 1.807) is 0 Å². The van der Waals surface area contributed by atoms with E-state index in [4.69, 9.17) is 10.5 Å². The largest absolute Gasteiger partial charge is 0.476 e. The first-order valence-corrected chi connectivity index (χ1v) is 2.20. The van der Waals surface area contributed by atoms with Crippen LogP contribution in [0, 0.1) is 5.41 Å². The number of hydrogen-bond acceptors (Lipinski definition) is 2. The molecule has 3 nitrogen and oxygen atoms in total. The summed E-state index contributed by atoms with van der Waals surface area (Å²) in [5.41, 5.74) is 0. The fourth-order valence-electron chi connectivity index (χ4n) is 0. The van der Waals surface area contributed by atoms with Gasteiger partial charge >= 0.3 is 5.97 Å². The molecule has 0 aliphatic rings. The lowest BCUT2D eigenvalue weighted by Crippen LogP contribution is -2.00. The van der Waals surface area contributed by atoms with E-state index in [1.165, 1.54) is 22.6 Å². The van der Waals surface area contributed by atoms with Crippen LogP contribution in [0.3, 0.4) is 0 Å². The number of carboxylic acids is 1. The van der Waals surface area contributed by atoms with E-state index >= 15 is 0 Å². The van der Waals surface area contributed by atoms with Crippen LogP contribution in [0.5, 0.6) is 0 Å². The van der Waals surface area contributed by atoms with Crippen LogP contribution in [0.25, 0.3) is 0 Å². The average molecular weight is 199 g/mol. The van der Waals surface area contributed by atoms with E-state index in [1.807, 2.05) is 0 Å². The Kier molecular flexibility index (Phi) is 2.07. The highest BCUT2D eigenvalue weighted by Crippen LogP contribution is 1.82. The van der Waals surface area contributed by atoms with Crippen molar-refractivity contribution in [3.63, 3.8) is 0 Å². The van der Waals surface area contributed by atoms with E-state index < -0.39 is 5.97 Å². The van der Waals surface area contributed by atoms with Crippen LogP contribution >= 0.6 is 22.6 Å². The number of carboxylic acid groups (broad SMARTS) is 1. The van der Waals surface area contributed by atoms with Crippen molar-refractivity contribution in [2.75, 3.05) is 0 Å². The number of carbonyl (C=O) groups is 1. The van der Waals surface area contributed by atoms with Crippen molar-refractivity contribution in [2.24, 2.45) is 0 Å². The number of halogens is 1. The van der Waals surface area contributed by atoms with E-state index in [0.29, 0.717) is 0 Å². The van der Waals surface area contributed by atoms with E-state index in [9.17, 15) is 4.79 Å². The maximum atomic E-state index is 9.47. The highest BCUT2D eigenvalue weighted by Gasteiger charge is 1.96. The highest BCUT2D eigenvalue weighted by molar-refractivity contribution is 14.1. The molecule has 0 aliphatic heterocycles. The summed E-state index contributed by atoms with van der Waals surface area (Å²) in [4.78, 5) is 9.47. The van der Waals surface area contributed by atoms with Gasteiger partial charge in [-0.1, -0.05) is 0 Å². The summed E-state index contributed by atoms with van der Waals surface area (Å²) in [5, 5.41) is 14.1. The summed E-state index contributed by atoms with van der Waals surface area (Å²) in [7, 11) is 0. The molecule has 2 N–H and O–H groups in total. The van der Waals surface area contributed by atoms with Gasteiger partial charge in [-0.3, -0.25) is 5.41 Å². The first-order valence-electron chi connectivity index (χ1n) is 1.12. The van der Waals surface area contributed by atoms with E-state index in [0.717, 1.165) is 0 Å². The molecule has 0 bridgehead atoms. The zero-order chi connectivity index (χ0) is 5.15. The Bertz CT molecular complexity index is 77.5. The zero-order valence-corrected chi connectivity index (χ0v) is 4.89. The molecule has 0 saturated heterocycles. The van der Waals surface area contributed by atoms with Crippen molar-refractivity contribution in [3.05, 3.63) is 0 Å². The Hall–Kier alpha value is -0.130. The molecule has 0 aromatic rings. The highest BCUT2D eigenvalue weighted by atomic mass is 127. The minimum Gasteiger partial charge on any atom is -0.476 e. The third kappa shape index (κ3) is 2.13. The Morgan fingerprint density at radius 2 is 2.00 bits per heavy atom. The summed E-state index contributed by atoms with van der Waals surface area (Å²) in [5.74, 6) is -1.17. The van der Waals surface area contributed by atoms with Crippen molar-refractivity contribution >= 4 is 32.3 Å². The number of nitrogens with one attached hydrogen (secondary N) is 1. The lowest BCUT2D eigenvalue weighted by Gasteiger charge is -1.75. The molecule has 0 rings (SSSR count). The fourth-order valence-corrected chi connectivity index (χ4v) is 0. The van der Waals surface area contributed by atoms with Crippen LogP contribution in [0.1, 0.15) is 0 Å². The lowest BCUT2D eigenvalue weighted by molar-refractivity contribution is -0.129. The molecule has 0 radical (unpaired) electrons. The lowest BCUT2D eigenvalue weighted by atomic mass is 10.8. The summed E-state index contributed by atoms with van der Waals surface area (Å²) in [6.07, 6.45) is 0. The summed E-state index contributed by atoms with van der Waals surface area (Å²) < 4.78 is -0.354. The predicted octanol–water partition coefficient (Wildman–Crippen LogP) is 0.483. The SMILES string of the molecule is N=C(I)C(=O)O. The second kappa shape index (κ2) is 2.12. The quantitative estimate of drug-likeness (QED) is 0.476. The zero-order valence-electron chi connectivity index (χ0n) is 2.73. The first kappa shape index (κ1) is 5.87. The fraction of sp³-hybridized carbons (Fsp3) is 0. The molecule has 0 heterocycles. The standard InChI is InChI=1S/C2H2INO2/c3-1(4)2(5)6/h4H,(H,5,6). The second-order valence-corrected chi connectivity index (χ2v) is 1.70. The third-order valence-electron chi connectivity index (χ3n) is 0.188. The molecule has 0 aromatic heterocycles. The van der Waals surface area contributed by atoms with Crippen LogP contribution in [0.4, 0.5) is 0 Å². The van der Waals surface area contributed by atoms with Gasteiger partial charge in [0.25, 0.3) is 0 Å². The topological polar surface area (TPSA) is 61.2 Å².